The zero-order valence-electron chi connectivity index (χ0n) is 16.8. The minimum Gasteiger partial charge on any atom is -0.475 e. The van der Waals surface area contributed by atoms with Gasteiger partial charge in [0.05, 0.1) is 12.7 Å². The number of rotatable bonds is 5. The zero-order chi connectivity index (χ0) is 21.3. The molecule has 0 spiro atoms. The fraction of sp³-hybridized carbons (Fsp3) is 0.125. The number of fused-ring (bicyclic) bond motifs is 1. The van der Waals surface area contributed by atoms with Crippen molar-refractivity contribution in [1.29, 1.82) is 0 Å². The molecular weight excluding hydrogens is 408 g/mol. The second-order valence-electron chi connectivity index (χ2n) is 7.35. The van der Waals surface area contributed by atoms with Crippen LogP contribution < -0.4 is 9.88 Å². The smallest absolute Gasteiger partial charge is 0.230 e. The van der Waals surface area contributed by atoms with Gasteiger partial charge in [-0.15, -0.1) is 0 Å². The lowest BCUT2D eigenvalue weighted by Gasteiger charge is -2.32. The van der Waals surface area contributed by atoms with E-state index >= 15 is 0 Å². The van der Waals surface area contributed by atoms with Gasteiger partial charge in [0, 0.05) is 0 Å². The van der Waals surface area contributed by atoms with Gasteiger partial charge in [-0.2, -0.15) is 9.46 Å². The van der Waals surface area contributed by atoms with Gasteiger partial charge in [0.1, 0.15) is 27.0 Å². The Labute approximate surface area is 181 Å². The molecule has 0 saturated heterocycles. The van der Waals surface area contributed by atoms with Gasteiger partial charge in [-0.1, -0.05) is 91.0 Å². The highest BCUT2D eigenvalue weighted by atomic mass is 32.2. The van der Waals surface area contributed by atoms with Gasteiger partial charge in [-0.05, 0) is 16.7 Å². The second-order valence-corrected chi connectivity index (χ2v) is 9.11. The first kappa shape index (κ1) is 19.5. The third-order valence-corrected chi connectivity index (χ3v) is 6.92. The molecule has 31 heavy (non-hydrogen) atoms. The van der Waals surface area contributed by atoms with Crippen molar-refractivity contribution in [3.05, 3.63) is 114 Å². The highest BCUT2D eigenvalue weighted by molar-refractivity contribution is 7.91. The van der Waals surface area contributed by atoms with Gasteiger partial charge in [0.2, 0.25) is 5.88 Å². The summed E-state index contributed by atoms with van der Waals surface area (Å²) in [6.07, 6.45) is 1.51. The van der Waals surface area contributed by atoms with E-state index in [4.69, 9.17) is 14.2 Å². The number of nitrogens with zero attached hydrogens (tertiary/aromatic N) is 3. The van der Waals surface area contributed by atoms with Crippen LogP contribution >= 0.6 is 0 Å². The van der Waals surface area contributed by atoms with E-state index in [1.54, 1.807) is 4.68 Å². The normalized spacial score (nSPS) is 15.0. The number of ether oxygens (including phenoxy) is 1. The summed E-state index contributed by atoms with van der Waals surface area (Å²) in [5.74, 6) is 0.430. The van der Waals surface area contributed by atoms with Gasteiger partial charge in [-0.3, -0.25) is 0 Å². The summed E-state index contributed by atoms with van der Waals surface area (Å²) in [4.78, 5) is 0.317. The van der Waals surface area contributed by atoms with Crippen LogP contribution in [0.15, 0.2) is 106 Å². The molecule has 6 nitrogen and oxygen atoms in total. The Kier molecular flexibility index (Phi) is 4.84. The quantitative estimate of drug-likeness (QED) is 0.487. The van der Waals surface area contributed by atoms with Gasteiger partial charge in [-0.25, -0.2) is 14.0 Å². The maximum absolute atomic E-state index is 14.0. The van der Waals surface area contributed by atoms with Crippen molar-refractivity contribution in [1.82, 2.24) is 9.78 Å². The first-order chi connectivity index (χ1) is 15.1. The Morgan fingerprint density at radius 2 is 1.35 bits per heavy atom. The maximum atomic E-state index is 14.0. The summed E-state index contributed by atoms with van der Waals surface area (Å²) in [6, 6.07) is 29.4. The van der Waals surface area contributed by atoms with Crippen LogP contribution in [0.4, 0.5) is 0 Å². The number of hydrogen-bond donors (Lipinski definition) is 1. The largest absolute Gasteiger partial charge is 0.475 e. The number of hydrogen-bond acceptors (Lipinski definition) is 4. The Morgan fingerprint density at radius 1 is 0.871 bits per heavy atom. The molecule has 0 aliphatic carbocycles. The average Bonchev–Trinajstić information content (AvgIpc) is 3.43. The molecule has 0 fully saturated rings. The highest BCUT2D eigenvalue weighted by Gasteiger charge is 2.39. The number of aromatic nitrogens is 2. The molecule has 7 heteroatoms. The molecule has 0 radical (unpaired) electrons. The molecule has 1 aliphatic heterocycles. The molecule has 3 aromatic carbocycles. The summed E-state index contributed by atoms with van der Waals surface area (Å²) in [5.41, 5.74) is 1.53. The summed E-state index contributed by atoms with van der Waals surface area (Å²) in [5, 5.41) is 10.8. The van der Waals surface area contributed by atoms with Crippen LogP contribution in [0.2, 0.25) is 0 Å². The third kappa shape index (κ3) is 3.32. The molecule has 156 valence electrons. The molecule has 0 saturated carbocycles. The van der Waals surface area contributed by atoms with Crippen molar-refractivity contribution >= 4 is 9.92 Å². The van der Waals surface area contributed by atoms with Crippen LogP contribution in [0.1, 0.15) is 16.7 Å². The van der Waals surface area contributed by atoms with E-state index in [0.717, 1.165) is 16.7 Å². The Balaban J connectivity index is 1.86. The fourth-order valence-electron chi connectivity index (χ4n) is 4.04. The van der Waals surface area contributed by atoms with Crippen molar-refractivity contribution in [2.45, 2.75) is 17.0 Å². The molecular formula is C24H22N4O2S. The predicted octanol–water partition coefficient (Wildman–Crippen LogP) is 3.97. The van der Waals surface area contributed by atoms with Crippen LogP contribution in [0.3, 0.4) is 0 Å². The summed E-state index contributed by atoms with van der Waals surface area (Å²) in [6.45, 7) is 1.08. The van der Waals surface area contributed by atoms with E-state index in [9.17, 15) is 4.21 Å². The molecule has 1 aliphatic rings. The molecule has 5 rings (SSSR count). The van der Waals surface area contributed by atoms with Crippen molar-refractivity contribution in [2.75, 3.05) is 6.61 Å². The Hall–Kier alpha value is -3.42. The molecule has 0 unspecified atom stereocenters. The minimum absolute atomic E-state index is 0.317. The van der Waals surface area contributed by atoms with E-state index in [-0.39, 0.29) is 0 Å². The van der Waals surface area contributed by atoms with E-state index < -0.39 is 15.5 Å². The van der Waals surface area contributed by atoms with Crippen LogP contribution in [-0.2, 0) is 22.0 Å². The van der Waals surface area contributed by atoms with E-state index in [0.29, 0.717) is 23.9 Å². The standard InChI is InChI=1S/C24H22N4O2S/c25-31(29,22-18-26-28-16-17-30-23(22)28)27-24(19-10-4-1-5-11-19,20-12-6-2-7-13-20)21-14-8-3-9-15-21/h1-15,18H,16-17H2,(H2,25,27,29)/t31-/m1/s1. The number of benzene rings is 3. The van der Waals surface area contributed by atoms with E-state index in [2.05, 4.69) is 5.10 Å². The van der Waals surface area contributed by atoms with Gasteiger partial charge >= 0.3 is 0 Å². The molecule has 1 aromatic heterocycles. The van der Waals surface area contributed by atoms with Crippen LogP contribution in [0.25, 0.3) is 0 Å². The monoisotopic (exact) mass is 430 g/mol. The van der Waals surface area contributed by atoms with E-state index in [1.807, 2.05) is 91.0 Å². The fourth-order valence-corrected chi connectivity index (χ4v) is 5.47. The minimum atomic E-state index is -3.38. The lowest BCUT2D eigenvalue weighted by Crippen LogP contribution is -2.30. The molecule has 0 bridgehead atoms. The summed E-state index contributed by atoms with van der Waals surface area (Å²) in [7, 11) is -3.38. The number of nitrogens with two attached hydrogens (primary N) is 1. The molecule has 2 heterocycles. The van der Waals surface area contributed by atoms with Crippen molar-refractivity contribution < 1.29 is 8.95 Å². The van der Waals surface area contributed by atoms with Crippen molar-refractivity contribution in [3.8, 4) is 5.88 Å². The molecule has 2 N–H and O–H groups in total. The molecule has 1 atom stereocenters. The van der Waals surface area contributed by atoms with Crippen molar-refractivity contribution in [3.63, 3.8) is 0 Å². The van der Waals surface area contributed by atoms with Gasteiger partial charge < -0.3 is 4.74 Å². The van der Waals surface area contributed by atoms with Crippen LogP contribution in [-0.4, -0.2) is 20.6 Å². The van der Waals surface area contributed by atoms with E-state index in [1.165, 1.54) is 6.20 Å². The molecule has 4 aromatic rings. The van der Waals surface area contributed by atoms with Crippen LogP contribution in [0.5, 0.6) is 5.88 Å². The Morgan fingerprint density at radius 3 is 1.84 bits per heavy atom. The maximum Gasteiger partial charge on any atom is 0.230 e. The topological polar surface area (TPSA) is 82.5 Å². The summed E-state index contributed by atoms with van der Waals surface area (Å²) >= 11 is 0. The van der Waals surface area contributed by atoms with Crippen molar-refractivity contribution in [2.24, 2.45) is 9.50 Å². The lowest BCUT2D eigenvalue weighted by atomic mass is 9.78. The van der Waals surface area contributed by atoms with Gasteiger partial charge in [0.15, 0.2) is 0 Å². The lowest BCUT2D eigenvalue weighted by molar-refractivity contribution is 0.349. The first-order valence-electron chi connectivity index (χ1n) is 10.0. The average molecular weight is 431 g/mol. The first-order valence-corrected chi connectivity index (χ1v) is 11.6. The van der Waals surface area contributed by atoms with Gasteiger partial charge in [0.25, 0.3) is 0 Å². The van der Waals surface area contributed by atoms with Crippen LogP contribution in [0, 0.1) is 0 Å². The Bertz CT molecular complexity index is 1220. The molecule has 0 amide bonds. The second kappa shape index (κ2) is 7.68. The highest BCUT2D eigenvalue weighted by Crippen LogP contribution is 2.42. The third-order valence-electron chi connectivity index (χ3n) is 5.46. The zero-order valence-corrected chi connectivity index (χ0v) is 17.6. The predicted molar refractivity (Wildman–Crippen MR) is 120 cm³/mol. The summed E-state index contributed by atoms with van der Waals surface area (Å²) < 4.78 is 26.3. The SMILES string of the molecule is N[S@@](=O)(=NC(c1ccccc1)(c1ccccc1)c1ccccc1)c1cnn2c1OCC2.